The molecule has 15 amide bonds. The molecule has 5 rings (SSSR count). The molecule has 2 saturated heterocycles. The second kappa shape index (κ2) is 52.9. The van der Waals surface area contributed by atoms with Gasteiger partial charge in [0.05, 0.1) is 115 Å². The molecule has 0 aliphatic carbocycles. The number of ether oxygens (including phenoxy) is 8. The third-order valence-corrected chi connectivity index (χ3v) is 21.4. The van der Waals surface area contributed by atoms with Crippen LogP contribution < -0.4 is 53.6 Å². The molecular formula is C84H130N14O24. The number of esters is 1. The van der Waals surface area contributed by atoms with Gasteiger partial charge >= 0.3 is 18.1 Å². The number of likely N-dealkylation sites (N-methyl/N-ethyl adjacent to an activating group) is 2. The van der Waals surface area contributed by atoms with E-state index in [2.05, 4.69) is 47.9 Å². The number of nitrogens with one attached hydrogen (secondary N) is 9. The predicted molar refractivity (Wildman–Crippen MR) is 444 cm³/mol. The van der Waals surface area contributed by atoms with Gasteiger partial charge in [-0.2, -0.15) is 0 Å². The summed E-state index contributed by atoms with van der Waals surface area (Å²) in [5.74, 6) is -10.2. The maximum Gasteiger partial charge on any atom is 0.410 e. The molecule has 3 heterocycles. The maximum absolute atomic E-state index is 14.9. The van der Waals surface area contributed by atoms with Crippen molar-refractivity contribution in [1.29, 1.82) is 0 Å². The van der Waals surface area contributed by atoms with Gasteiger partial charge in [0.1, 0.15) is 42.9 Å². The Morgan fingerprint density at radius 1 is 0.615 bits per heavy atom. The molecule has 3 aliphatic heterocycles. The lowest BCUT2D eigenvalue weighted by Crippen LogP contribution is -2.60. The molecule has 38 nitrogen and oxygen atoms in total. The van der Waals surface area contributed by atoms with Crippen molar-refractivity contribution in [3.63, 3.8) is 0 Å². The number of methoxy groups -OCH3 is 2. The van der Waals surface area contributed by atoms with Crippen LogP contribution in [0.5, 0.6) is 0 Å². The summed E-state index contributed by atoms with van der Waals surface area (Å²) in [6.07, 6.45) is -0.0718. The zero-order valence-electron chi connectivity index (χ0n) is 72.8. The van der Waals surface area contributed by atoms with Crippen LogP contribution in [0.1, 0.15) is 151 Å². The normalized spacial score (nSPS) is 17.4. The van der Waals surface area contributed by atoms with Gasteiger partial charge < -0.3 is 106 Å². The number of nitrogens with zero attached hydrogens (tertiary/aromatic N) is 4. The number of carbonyl (C=O) groups excluding carboxylic acids is 15. The van der Waals surface area contributed by atoms with E-state index in [1.54, 1.807) is 104 Å². The lowest BCUT2D eigenvalue weighted by atomic mass is 9.89. The molecule has 38 heteroatoms. The first kappa shape index (κ1) is 102. The van der Waals surface area contributed by atoms with Crippen molar-refractivity contribution < 1.29 is 115 Å². The van der Waals surface area contributed by atoms with E-state index >= 15 is 0 Å². The Hall–Kier alpha value is -10.2. The van der Waals surface area contributed by atoms with Crippen molar-refractivity contribution in [3.8, 4) is 0 Å². The molecule has 0 aromatic heterocycles. The third kappa shape index (κ3) is 33.2. The van der Waals surface area contributed by atoms with E-state index in [0.717, 1.165) is 22.0 Å². The molecule has 0 spiro atoms. The molecule has 0 unspecified atom stereocenters. The second-order valence-corrected chi connectivity index (χ2v) is 31.6. The molecule has 680 valence electrons. The number of anilines is 1. The van der Waals surface area contributed by atoms with Crippen molar-refractivity contribution in [2.45, 2.75) is 213 Å². The number of rotatable bonds is 55. The summed E-state index contributed by atoms with van der Waals surface area (Å²) in [4.78, 5) is 206. The van der Waals surface area contributed by atoms with Crippen LogP contribution in [0.3, 0.4) is 0 Å². The number of nitrogens with two attached hydrogens (primary N) is 1. The highest BCUT2D eigenvalue weighted by Gasteiger charge is 2.45. The number of benzene rings is 2. The molecule has 2 aromatic carbocycles. The van der Waals surface area contributed by atoms with Crippen LogP contribution in [-0.2, 0) is 107 Å². The average Bonchev–Trinajstić information content (AvgIpc) is 1.30. The molecule has 2 fully saturated rings. The van der Waals surface area contributed by atoms with Gasteiger partial charge in [0.2, 0.25) is 59.1 Å². The van der Waals surface area contributed by atoms with Crippen molar-refractivity contribution in [2.24, 2.45) is 35.3 Å². The van der Waals surface area contributed by atoms with Gasteiger partial charge in [-0.15, -0.1) is 0 Å². The Morgan fingerprint density at radius 2 is 1.23 bits per heavy atom. The minimum Gasteiger partial charge on any atom is -0.464 e. The minimum absolute atomic E-state index is 0.0103. The summed E-state index contributed by atoms with van der Waals surface area (Å²) in [6, 6.07) is 5.07. The summed E-state index contributed by atoms with van der Waals surface area (Å²) >= 11 is 0. The van der Waals surface area contributed by atoms with Crippen molar-refractivity contribution in [2.75, 3.05) is 119 Å². The van der Waals surface area contributed by atoms with E-state index in [9.17, 15) is 77.0 Å². The molecule has 122 heavy (non-hydrogen) atoms. The van der Waals surface area contributed by atoms with Crippen molar-refractivity contribution >= 4 is 94.7 Å². The highest BCUT2D eigenvalue weighted by atomic mass is 16.6. The topological polar surface area (TPSA) is 497 Å². The number of primary amides is 1. The fourth-order valence-electron chi connectivity index (χ4n) is 14.4. The number of amides is 15. The number of hydrogen-bond acceptors (Lipinski definition) is 24. The van der Waals surface area contributed by atoms with Gasteiger partial charge in [-0.3, -0.25) is 67.3 Å². The van der Waals surface area contributed by atoms with Gasteiger partial charge in [0.15, 0.2) is 0 Å². The lowest BCUT2D eigenvalue weighted by Gasteiger charge is -2.41. The average molecular weight is 1720 g/mol. The number of urea groups is 1. The van der Waals surface area contributed by atoms with Crippen LogP contribution in [0.25, 0.3) is 0 Å². The summed E-state index contributed by atoms with van der Waals surface area (Å²) in [5.41, 5.74) is 6.66. The Labute approximate surface area is 714 Å². The first-order valence-electron chi connectivity index (χ1n) is 41.8. The summed E-state index contributed by atoms with van der Waals surface area (Å²) in [5, 5.41) is 35.0. The van der Waals surface area contributed by atoms with E-state index in [1.165, 1.54) is 38.3 Å². The molecular weight excluding hydrogens is 1590 g/mol. The second-order valence-electron chi connectivity index (χ2n) is 31.6. The fourth-order valence-corrected chi connectivity index (χ4v) is 14.4. The van der Waals surface area contributed by atoms with Gasteiger partial charge in [-0.05, 0) is 79.5 Å². The number of carbonyl (C=O) groups is 15. The van der Waals surface area contributed by atoms with Crippen LogP contribution in [-0.4, -0.2) is 294 Å². The third-order valence-electron chi connectivity index (χ3n) is 21.4. The molecule has 14 atom stereocenters. The van der Waals surface area contributed by atoms with E-state index in [0.29, 0.717) is 36.9 Å². The zero-order chi connectivity index (χ0) is 90.3. The first-order valence-corrected chi connectivity index (χ1v) is 41.8. The molecule has 2 aromatic rings. The van der Waals surface area contributed by atoms with E-state index in [-0.39, 0.29) is 154 Å². The quantitative estimate of drug-likeness (QED) is 0.0255. The number of aliphatic hydroxyl groups is 1. The summed E-state index contributed by atoms with van der Waals surface area (Å²) < 4.78 is 44.8. The Bertz CT molecular complexity index is 3780. The van der Waals surface area contributed by atoms with Gasteiger partial charge in [-0.25, -0.2) is 14.4 Å². The smallest absolute Gasteiger partial charge is 0.410 e. The molecule has 12 N–H and O–H groups in total. The van der Waals surface area contributed by atoms with Crippen LogP contribution in [0.15, 0.2) is 66.7 Å². The lowest BCUT2D eigenvalue weighted by molar-refractivity contribution is -0.148. The Morgan fingerprint density at radius 3 is 1.80 bits per heavy atom. The van der Waals surface area contributed by atoms with Crippen LogP contribution in [0.4, 0.5) is 15.3 Å². The largest absolute Gasteiger partial charge is 0.464 e. The fraction of sp³-hybridized carbons (Fsp3) is 0.655. The molecule has 0 bridgehead atoms. The Balaban J connectivity index is 1.14. The van der Waals surface area contributed by atoms with Crippen LogP contribution in [0.2, 0.25) is 0 Å². The minimum atomic E-state index is -1.59. The van der Waals surface area contributed by atoms with E-state index < -0.39 is 174 Å². The number of hydrogen-bond donors (Lipinski definition) is 11. The van der Waals surface area contributed by atoms with Gasteiger partial charge in [0.25, 0.3) is 11.8 Å². The SMILES string of the molecule is CC[C@H](C)[C@@H]([C@@H](CC(=O)N1CCC[C@H]1[C@H](OC)[C@@H](C)C(=O)N[C@H](C)[C@@H](O)c1ccccc1)OC)N(C)C(=O)[C@@H](NC(=O)[C@H](C(C)C)N(C)C(=O)OCc1ccc(NC(=O)[C@H](CCCNC(N)=O)NC(=O)[C@@H](NC(=O)[C@H](CC(=O)N[C@H]2CCOC2=O)NC(=O)CCOCCOCCOCCOCCNC(=O)CCN2C(=O)C=CC2=O)C(C)C)cc1)C(C)C. The first-order chi connectivity index (χ1) is 58.0. The molecule has 0 saturated carbocycles. The monoisotopic (exact) mass is 1720 g/mol. The maximum atomic E-state index is 14.9. The highest BCUT2D eigenvalue weighted by molar-refractivity contribution is 6.13. The molecule has 3 aliphatic rings. The van der Waals surface area contributed by atoms with Gasteiger partial charge in [-0.1, -0.05) is 111 Å². The summed E-state index contributed by atoms with van der Waals surface area (Å²) in [7, 11) is 6.00. The highest BCUT2D eigenvalue weighted by Crippen LogP contribution is 2.31. The van der Waals surface area contributed by atoms with Crippen molar-refractivity contribution in [3.05, 3.63) is 77.9 Å². The van der Waals surface area contributed by atoms with E-state index in [4.69, 9.17) is 43.6 Å². The Kier molecular flexibility index (Phi) is 44.4. The van der Waals surface area contributed by atoms with Crippen LogP contribution >= 0.6 is 0 Å². The van der Waals surface area contributed by atoms with Gasteiger partial charge in [0, 0.05) is 91.6 Å². The predicted octanol–water partition coefficient (Wildman–Crippen LogP) is 1.79. The molecule has 0 radical (unpaired) electrons. The van der Waals surface area contributed by atoms with Crippen LogP contribution in [0, 0.1) is 29.6 Å². The zero-order valence-corrected chi connectivity index (χ0v) is 72.8. The number of aliphatic hydroxyl groups excluding tert-OH is 1. The summed E-state index contributed by atoms with van der Waals surface area (Å²) in [6.45, 7) is 19.2. The number of cyclic esters (lactones) is 1. The number of imide groups is 1. The number of likely N-dealkylation sites (tertiary alicyclic amines) is 1. The van der Waals surface area contributed by atoms with Crippen molar-refractivity contribution in [1.82, 2.24) is 62.1 Å². The van der Waals surface area contributed by atoms with E-state index in [1.807, 2.05) is 19.9 Å². The standard InChI is InChI=1S/C84H130N14O24/c1-15-53(8)73(63(115-13)48-69(104)97-36-20-24-62(97)75(116-14)54(9)76(106)88-55(10)74(105)57-21-17-16-18-22-57)95(11)81(111)71(51(4)5)94-80(110)72(52(6)7)96(12)84(114)122-49-56-25-27-58(28-26-56)89-77(107)59(23-19-34-87-83(85)113)92-79(109)70(50(2)3)93-78(108)61(47-66(101)90-60-32-39-121-82(60)112)91-65(100)33-38-117-41-43-119-45-46-120-44-42-118-40-35-86-64(99)31-37-98-67(102)29-30-68(98)103/h16-18,21-22,25-30,50-55,59-63,70-75,105H,15,19-20,23-24,31-49H2,1-14H3,(H,86,99)(H,88,106)(H,89,107)(H,90,101)(H,91,100)(H,92,109)(H,93,108)(H,94,110)(H3,85,87,113)/t53-,54+,55+,59-,60-,61-,62-,63+,70-,71-,72-,73-,74+,75+/m0/s1.